The molecule has 0 nitrogen and oxygen atoms in total. The van der Waals surface area contributed by atoms with Gasteiger partial charge in [0.15, 0.2) is 0 Å². The second-order valence-electron chi connectivity index (χ2n) is 5.68. The number of benzene rings is 2. The standard InChI is InChI=1S/C20H22Si/c1-3-21(4-2)19(17-11-7-5-8-12-17)15-16-20(21)18-13-9-6-10-14-18/h5-16H,3-4H2,1-2H3. The van der Waals surface area contributed by atoms with Crippen LogP contribution < -0.4 is 0 Å². The summed E-state index contributed by atoms with van der Waals surface area (Å²) < 4.78 is 0. The van der Waals surface area contributed by atoms with Crippen molar-refractivity contribution in [2.45, 2.75) is 25.9 Å². The minimum Gasteiger partial charge on any atom is -0.0672 e. The third-order valence-corrected chi connectivity index (χ3v) is 10.2. The lowest BCUT2D eigenvalue weighted by molar-refractivity contribution is 1.30. The molecule has 1 heteroatoms. The van der Waals surface area contributed by atoms with E-state index in [1.807, 2.05) is 0 Å². The maximum atomic E-state index is 2.39. The summed E-state index contributed by atoms with van der Waals surface area (Å²) in [4.78, 5) is 0. The van der Waals surface area contributed by atoms with Crippen LogP contribution in [0.4, 0.5) is 0 Å². The molecule has 0 amide bonds. The average molecular weight is 290 g/mol. The molecule has 106 valence electrons. The van der Waals surface area contributed by atoms with Crippen LogP contribution >= 0.6 is 0 Å². The van der Waals surface area contributed by atoms with E-state index in [1.54, 1.807) is 10.4 Å². The van der Waals surface area contributed by atoms with Crippen LogP contribution in [0.25, 0.3) is 10.4 Å². The minimum atomic E-state index is -1.60. The van der Waals surface area contributed by atoms with E-state index in [0.717, 1.165) is 0 Å². The summed E-state index contributed by atoms with van der Waals surface area (Å²) >= 11 is 0. The average Bonchev–Trinajstić information content (AvgIpc) is 2.96. The number of hydrogen-bond acceptors (Lipinski definition) is 0. The predicted octanol–water partition coefficient (Wildman–Crippen LogP) is 5.73. The van der Waals surface area contributed by atoms with Gasteiger partial charge in [0.25, 0.3) is 0 Å². The Morgan fingerprint density at radius 3 is 1.33 bits per heavy atom. The highest BCUT2D eigenvalue weighted by atomic mass is 28.3. The van der Waals surface area contributed by atoms with Gasteiger partial charge in [0, 0.05) is 0 Å². The van der Waals surface area contributed by atoms with E-state index in [4.69, 9.17) is 0 Å². The van der Waals surface area contributed by atoms with Crippen LogP contribution in [-0.2, 0) is 0 Å². The number of allylic oxidation sites excluding steroid dienone is 2. The highest BCUT2D eigenvalue weighted by Crippen LogP contribution is 2.45. The van der Waals surface area contributed by atoms with Gasteiger partial charge >= 0.3 is 0 Å². The monoisotopic (exact) mass is 290 g/mol. The molecule has 3 rings (SSSR count). The van der Waals surface area contributed by atoms with Gasteiger partial charge in [-0.15, -0.1) is 0 Å². The summed E-state index contributed by atoms with van der Waals surface area (Å²) in [5.74, 6) is 0. The van der Waals surface area contributed by atoms with Crippen molar-refractivity contribution in [3.8, 4) is 0 Å². The molecular weight excluding hydrogens is 268 g/mol. The Bertz CT molecular complexity index is 604. The summed E-state index contributed by atoms with van der Waals surface area (Å²) in [5, 5.41) is 3.21. The summed E-state index contributed by atoms with van der Waals surface area (Å²) in [5.41, 5.74) is 2.82. The fourth-order valence-corrected chi connectivity index (χ4v) is 8.18. The summed E-state index contributed by atoms with van der Waals surface area (Å²) in [7, 11) is -1.60. The molecule has 0 saturated carbocycles. The SMILES string of the molecule is CC[Si]1(CC)C(c2ccccc2)=CC=C1c1ccccc1. The second kappa shape index (κ2) is 5.86. The summed E-state index contributed by atoms with van der Waals surface area (Å²) in [6.07, 6.45) is 4.77. The summed E-state index contributed by atoms with van der Waals surface area (Å²) in [6.45, 7) is 4.74. The van der Waals surface area contributed by atoms with E-state index < -0.39 is 8.07 Å². The lowest BCUT2D eigenvalue weighted by Crippen LogP contribution is -2.34. The Labute approximate surface area is 128 Å². The minimum absolute atomic E-state index is 1.27. The molecule has 0 spiro atoms. The molecule has 2 aromatic carbocycles. The zero-order valence-corrected chi connectivity index (χ0v) is 13.8. The van der Waals surface area contributed by atoms with Crippen molar-refractivity contribution in [3.63, 3.8) is 0 Å². The van der Waals surface area contributed by atoms with Crippen LogP contribution in [-0.4, -0.2) is 8.07 Å². The van der Waals surface area contributed by atoms with Crippen molar-refractivity contribution in [2.24, 2.45) is 0 Å². The zero-order valence-electron chi connectivity index (χ0n) is 12.8. The van der Waals surface area contributed by atoms with Crippen LogP contribution in [0, 0.1) is 0 Å². The van der Waals surface area contributed by atoms with Gasteiger partial charge in [0.2, 0.25) is 0 Å². The topological polar surface area (TPSA) is 0 Å². The van der Waals surface area contributed by atoms with E-state index >= 15 is 0 Å². The third-order valence-electron chi connectivity index (χ3n) is 4.82. The highest BCUT2D eigenvalue weighted by Gasteiger charge is 2.40. The van der Waals surface area contributed by atoms with Crippen molar-refractivity contribution in [1.29, 1.82) is 0 Å². The molecule has 0 bridgehead atoms. The molecule has 1 aliphatic rings. The Morgan fingerprint density at radius 1 is 0.619 bits per heavy atom. The van der Waals surface area contributed by atoms with E-state index in [2.05, 4.69) is 86.7 Å². The van der Waals surface area contributed by atoms with Gasteiger partial charge in [-0.3, -0.25) is 0 Å². The van der Waals surface area contributed by atoms with Crippen LogP contribution in [0.15, 0.2) is 72.8 Å². The van der Waals surface area contributed by atoms with Crippen molar-refractivity contribution < 1.29 is 0 Å². The molecule has 0 aliphatic carbocycles. The van der Waals surface area contributed by atoms with Gasteiger partial charge in [0.05, 0.1) is 0 Å². The largest absolute Gasteiger partial charge is 0.119 e. The first-order chi connectivity index (χ1) is 10.3. The first-order valence-corrected chi connectivity index (χ1v) is 10.3. The number of rotatable bonds is 4. The van der Waals surface area contributed by atoms with Crippen LogP contribution in [0.3, 0.4) is 0 Å². The maximum absolute atomic E-state index is 2.39. The molecule has 1 heterocycles. The Balaban J connectivity index is 2.08. The molecule has 21 heavy (non-hydrogen) atoms. The normalized spacial score (nSPS) is 16.5. The number of hydrogen-bond donors (Lipinski definition) is 0. The predicted molar refractivity (Wildman–Crippen MR) is 95.6 cm³/mol. The molecule has 0 saturated heterocycles. The van der Waals surface area contributed by atoms with E-state index in [9.17, 15) is 0 Å². The Kier molecular flexibility index (Phi) is 3.93. The van der Waals surface area contributed by atoms with Gasteiger partial charge in [-0.25, -0.2) is 0 Å². The molecule has 0 unspecified atom stereocenters. The van der Waals surface area contributed by atoms with Crippen LogP contribution in [0.2, 0.25) is 12.1 Å². The summed E-state index contributed by atoms with van der Waals surface area (Å²) in [6, 6.07) is 24.4. The van der Waals surface area contributed by atoms with Crippen molar-refractivity contribution in [2.75, 3.05) is 0 Å². The molecule has 0 atom stereocenters. The van der Waals surface area contributed by atoms with Gasteiger partial charge in [-0.1, -0.05) is 98.8 Å². The van der Waals surface area contributed by atoms with Gasteiger partial charge in [-0.05, 0) is 21.5 Å². The fraction of sp³-hybridized carbons (Fsp3) is 0.200. The molecular formula is C20H22Si. The van der Waals surface area contributed by atoms with Crippen molar-refractivity contribution in [3.05, 3.63) is 83.9 Å². The van der Waals surface area contributed by atoms with Crippen molar-refractivity contribution >= 4 is 18.5 Å². The van der Waals surface area contributed by atoms with Gasteiger partial charge in [0.1, 0.15) is 8.07 Å². The van der Waals surface area contributed by atoms with Crippen LogP contribution in [0.1, 0.15) is 25.0 Å². The highest BCUT2D eigenvalue weighted by molar-refractivity contribution is 7.11. The van der Waals surface area contributed by atoms with Crippen molar-refractivity contribution in [1.82, 2.24) is 0 Å². The Hall–Kier alpha value is -1.86. The first kappa shape index (κ1) is 14.1. The van der Waals surface area contributed by atoms with Gasteiger partial charge in [-0.2, -0.15) is 0 Å². The van der Waals surface area contributed by atoms with Crippen LogP contribution in [0.5, 0.6) is 0 Å². The molecule has 0 fully saturated rings. The fourth-order valence-electron chi connectivity index (χ4n) is 3.62. The molecule has 0 aromatic heterocycles. The van der Waals surface area contributed by atoms with Gasteiger partial charge < -0.3 is 0 Å². The Morgan fingerprint density at radius 2 is 1.00 bits per heavy atom. The third kappa shape index (κ3) is 2.32. The molecule has 2 aromatic rings. The van der Waals surface area contributed by atoms with E-state index in [0.29, 0.717) is 0 Å². The lowest BCUT2D eigenvalue weighted by atomic mass is 10.2. The smallest absolute Gasteiger partial charge is 0.0672 e. The quantitative estimate of drug-likeness (QED) is 0.630. The lowest BCUT2D eigenvalue weighted by Gasteiger charge is -2.32. The van der Waals surface area contributed by atoms with E-state index in [1.165, 1.54) is 23.2 Å². The van der Waals surface area contributed by atoms with E-state index in [-0.39, 0.29) is 0 Å². The maximum Gasteiger partial charge on any atom is 0.119 e. The molecule has 0 N–H and O–H groups in total. The zero-order chi connectivity index (χ0) is 14.7. The first-order valence-electron chi connectivity index (χ1n) is 7.85. The molecule has 1 aliphatic heterocycles. The molecule has 0 radical (unpaired) electrons. The second-order valence-corrected chi connectivity index (χ2v) is 10.3.